The monoisotopic (exact) mass is 568 g/mol. The number of rotatable bonds is 7. The highest BCUT2D eigenvalue weighted by molar-refractivity contribution is 5.88. The SMILES string of the molecule is CCN(CC)C(=O)CC1(C(=O)OC2C(OC)=CC34CCCN3CCc3cc5c(cc3[C@H]24)OCO5)CCCC(C)(C)O1. The van der Waals surface area contributed by atoms with Crippen molar-refractivity contribution in [1.82, 2.24) is 9.80 Å². The maximum atomic E-state index is 14.5. The maximum absolute atomic E-state index is 14.5. The lowest BCUT2D eigenvalue weighted by Gasteiger charge is -2.45. The van der Waals surface area contributed by atoms with Crippen molar-refractivity contribution in [2.24, 2.45) is 0 Å². The van der Waals surface area contributed by atoms with Crippen LogP contribution in [0, 0.1) is 0 Å². The number of esters is 1. The number of nitrogens with zero attached hydrogens (tertiary/aromatic N) is 2. The van der Waals surface area contributed by atoms with Crippen LogP contribution >= 0.6 is 0 Å². The van der Waals surface area contributed by atoms with Crippen LogP contribution in [-0.2, 0) is 30.2 Å². The van der Waals surface area contributed by atoms with Crippen molar-refractivity contribution >= 4 is 11.9 Å². The van der Waals surface area contributed by atoms with Crippen molar-refractivity contribution in [3.8, 4) is 11.5 Å². The fourth-order valence-electron chi connectivity index (χ4n) is 8.02. The third-order valence-electron chi connectivity index (χ3n) is 9.95. The molecule has 5 aliphatic rings. The van der Waals surface area contributed by atoms with Gasteiger partial charge in [0.05, 0.1) is 30.6 Å². The van der Waals surface area contributed by atoms with Gasteiger partial charge in [-0.05, 0) is 102 Å². The molecular formula is C32H44N2O7. The van der Waals surface area contributed by atoms with Gasteiger partial charge in [0, 0.05) is 19.6 Å². The van der Waals surface area contributed by atoms with Gasteiger partial charge >= 0.3 is 5.97 Å². The summed E-state index contributed by atoms with van der Waals surface area (Å²) in [6.07, 6.45) is 6.42. The summed E-state index contributed by atoms with van der Waals surface area (Å²) >= 11 is 0. The lowest BCUT2D eigenvalue weighted by atomic mass is 9.77. The van der Waals surface area contributed by atoms with Gasteiger partial charge in [-0.2, -0.15) is 0 Å². The number of ether oxygens (including phenoxy) is 5. The summed E-state index contributed by atoms with van der Waals surface area (Å²) in [6, 6.07) is 4.17. The van der Waals surface area contributed by atoms with E-state index in [1.54, 1.807) is 12.0 Å². The molecule has 9 nitrogen and oxygen atoms in total. The van der Waals surface area contributed by atoms with Gasteiger partial charge in [-0.25, -0.2) is 4.79 Å². The number of carbonyl (C=O) groups is 2. The predicted octanol–water partition coefficient (Wildman–Crippen LogP) is 4.32. The first-order valence-corrected chi connectivity index (χ1v) is 15.3. The van der Waals surface area contributed by atoms with Gasteiger partial charge in [-0.3, -0.25) is 9.69 Å². The first kappa shape index (κ1) is 28.3. The van der Waals surface area contributed by atoms with E-state index in [0.29, 0.717) is 25.3 Å². The van der Waals surface area contributed by atoms with Gasteiger partial charge in [0.2, 0.25) is 12.7 Å². The lowest BCUT2D eigenvalue weighted by molar-refractivity contribution is -0.215. The van der Waals surface area contributed by atoms with E-state index in [1.807, 2.05) is 27.7 Å². The molecule has 4 atom stereocenters. The predicted molar refractivity (Wildman–Crippen MR) is 152 cm³/mol. The molecule has 0 bridgehead atoms. The summed E-state index contributed by atoms with van der Waals surface area (Å²) in [5.41, 5.74) is 0.0614. The Balaban J connectivity index is 1.39. The Hall–Kier alpha value is -2.78. The zero-order valence-electron chi connectivity index (χ0n) is 25.1. The van der Waals surface area contributed by atoms with Crippen molar-refractivity contribution in [2.75, 3.05) is 40.1 Å². The zero-order chi connectivity index (χ0) is 29.0. The molecule has 0 saturated carbocycles. The smallest absolute Gasteiger partial charge is 0.339 e. The summed E-state index contributed by atoms with van der Waals surface area (Å²) in [7, 11) is 1.65. The fourth-order valence-corrected chi connectivity index (χ4v) is 8.02. The highest BCUT2D eigenvalue weighted by Gasteiger charge is 2.60. The number of fused-ring (bicyclic) bond motifs is 3. The number of hydrogen-bond acceptors (Lipinski definition) is 8. The van der Waals surface area contributed by atoms with Crippen molar-refractivity contribution < 1.29 is 33.3 Å². The molecule has 0 aromatic heterocycles. The minimum absolute atomic E-state index is 0.0348. The summed E-state index contributed by atoms with van der Waals surface area (Å²) in [5, 5.41) is 0. The quantitative estimate of drug-likeness (QED) is 0.450. The molecule has 1 aliphatic carbocycles. The molecule has 1 spiro atoms. The van der Waals surface area contributed by atoms with Crippen LogP contribution < -0.4 is 9.47 Å². The minimum atomic E-state index is -1.35. The van der Waals surface area contributed by atoms with Gasteiger partial charge in [-0.1, -0.05) is 0 Å². The second kappa shape index (κ2) is 10.5. The molecule has 4 heterocycles. The number of methoxy groups -OCH3 is 1. The van der Waals surface area contributed by atoms with E-state index in [4.69, 9.17) is 23.7 Å². The molecule has 41 heavy (non-hydrogen) atoms. The molecule has 4 aliphatic heterocycles. The molecular weight excluding hydrogens is 524 g/mol. The molecule has 0 N–H and O–H groups in total. The van der Waals surface area contributed by atoms with E-state index in [2.05, 4.69) is 23.1 Å². The largest absolute Gasteiger partial charge is 0.497 e. The molecule has 6 rings (SSSR count). The van der Waals surface area contributed by atoms with Gasteiger partial charge in [-0.15, -0.1) is 0 Å². The molecule has 1 aromatic carbocycles. The van der Waals surface area contributed by atoms with Crippen LogP contribution in [0.5, 0.6) is 11.5 Å². The second-order valence-corrected chi connectivity index (χ2v) is 12.7. The first-order chi connectivity index (χ1) is 19.6. The lowest BCUT2D eigenvalue weighted by Crippen LogP contribution is -2.55. The summed E-state index contributed by atoms with van der Waals surface area (Å²) in [5.74, 6) is 1.39. The summed E-state index contributed by atoms with van der Waals surface area (Å²) in [4.78, 5) is 32.1. The van der Waals surface area contributed by atoms with E-state index in [0.717, 1.165) is 62.3 Å². The number of amides is 1. The molecule has 224 valence electrons. The standard InChI is InChI=1S/C32H44N2O7/c1-6-33(7-2)26(35)19-32(13-8-11-30(3,4)41-32)29(36)40-28-25(37-5)18-31-12-9-14-34(31)15-10-21-16-23-24(39-20-38-23)17-22(21)27(28)31/h16-18,27-28H,6-15,19-20H2,1-5H3/t27-,28?,31?,32?/m1/s1. The zero-order valence-corrected chi connectivity index (χ0v) is 25.1. The van der Waals surface area contributed by atoms with Crippen LogP contribution in [0.15, 0.2) is 24.0 Å². The van der Waals surface area contributed by atoms with Crippen LogP contribution in [0.1, 0.15) is 83.3 Å². The molecule has 1 aromatic rings. The highest BCUT2D eigenvalue weighted by atomic mass is 16.7. The molecule has 2 fully saturated rings. The van der Waals surface area contributed by atoms with Crippen LogP contribution in [0.3, 0.4) is 0 Å². The van der Waals surface area contributed by atoms with Crippen LogP contribution in [0.4, 0.5) is 0 Å². The Bertz CT molecular complexity index is 1240. The second-order valence-electron chi connectivity index (χ2n) is 12.7. The Kier molecular flexibility index (Phi) is 7.25. The normalized spacial score (nSPS) is 31.4. The Morgan fingerprint density at radius 2 is 1.80 bits per heavy atom. The fraction of sp³-hybridized carbons (Fsp3) is 0.688. The van der Waals surface area contributed by atoms with Crippen LogP contribution in [0.2, 0.25) is 0 Å². The Morgan fingerprint density at radius 1 is 1.05 bits per heavy atom. The van der Waals surface area contributed by atoms with Crippen molar-refractivity contribution in [2.45, 2.75) is 101 Å². The van der Waals surface area contributed by atoms with Gasteiger partial charge in [0.15, 0.2) is 23.2 Å². The average molecular weight is 569 g/mol. The molecule has 0 radical (unpaired) electrons. The van der Waals surface area contributed by atoms with E-state index < -0.39 is 23.3 Å². The van der Waals surface area contributed by atoms with E-state index in [-0.39, 0.29) is 30.6 Å². The summed E-state index contributed by atoms with van der Waals surface area (Å²) < 4.78 is 30.6. The third kappa shape index (κ3) is 4.69. The number of carbonyl (C=O) groups excluding carboxylic acids is 2. The topological polar surface area (TPSA) is 86.8 Å². The van der Waals surface area contributed by atoms with E-state index >= 15 is 0 Å². The van der Waals surface area contributed by atoms with Gasteiger partial charge in [0.1, 0.15) is 5.76 Å². The minimum Gasteiger partial charge on any atom is -0.497 e. The van der Waals surface area contributed by atoms with Gasteiger partial charge in [0.25, 0.3) is 0 Å². The molecule has 9 heteroatoms. The molecule has 2 saturated heterocycles. The third-order valence-corrected chi connectivity index (χ3v) is 9.95. The maximum Gasteiger partial charge on any atom is 0.339 e. The highest BCUT2D eigenvalue weighted by Crippen LogP contribution is 2.56. The molecule has 1 amide bonds. The average Bonchev–Trinajstić information content (AvgIpc) is 3.62. The van der Waals surface area contributed by atoms with E-state index in [1.165, 1.54) is 5.56 Å². The number of benzene rings is 1. The van der Waals surface area contributed by atoms with Gasteiger partial charge < -0.3 is 28.6 Å². The van der Waals surface area contributed by atoms with E-state index in [9.17, 15) is 9.59 Å². The van der Waals surface area contributed by atoms with Crippen LogP contribution in [0.25, 0.3) is 0 Å². The first-order valence-electron chi connectivity index (χ1n) is 15.3. The van der Waals surface area contributed by atoms with Crippen molar-refractivity contribution in [3.05, 3.63) is 35.1 Å². The Morgan fingerprint density at radius 3 is 2.51 bits per heavy atom. The van der Waals surface area contributed by atoms with Crippen molar-refractivity contribution in [1.29, 1.82) is 0 Å². The summed E-state index contributed by atoms with van der Waals surface area (Å²) in [6.45, 7) is 11.1. The van der Waals surface area contributed by atoms with Crippen LogP contribution in [-0.4, -0.2) is 84.6 Å². The Labute approximate surface area is 243 Å². The van der Waals surface area contributed by atoms with Crippen molar-refractivity contribution in [3.63, 3.8) is 0 Å². The molecule has 3 unspecified atom stereocenters. The number of hydrogen-bond donors (Lipinski definition) is 0.